The third-order valence-electron chi connectivity index (χ3n) is 3.98. The highest BCUT2D eigenvalue weighted by atomic mass is 32.2. The number of phenols is 2. The standard InChI is InChI=1S/C18H16N4O5S/c19-16(25)8-11-3-1-2-10-4-6-15(24)18(17(10)11)22-21-13-9-12(28(20,26)27)5-7-14(13)23/h1-7,9,23-24H,8H2,(H2,19,25)(H2,20,26,27). The largest absolute Gasteiger partial charge is 0.506 e. The molecule has 28 heavy (non-hydrogen) atoms. The number of nitrogens with two attached hydrogens (primary N) is 2. The quantitative estimate of drug-likeness (QED) is 0.481. The number of aromatic hydroxyl groups is 2. The Hall–Kier alpha value is -3.50. The van der Waals surface area contributed by atoms with E-state index >= 15 is 0 Å². The number of hydrogen-bond acceptors (Lipinski definition) is 7. The van der Waals surface area contributed by atoms with Gasteiger partial charge in [0, 0.05) is 5.39 Å². The fourth-order valence-corrected chi connectivity index (χ4v) is 3.26. The Morgan fingerprint density at radius 2 is 1.71 bits per heavy atom. The molecule has 0 aromatic heterocycles. The minimum Gasteiger partial charge on any atom is -0.506 e. The number of primary amides is 1. The van der Waals surface area contributed by atoms with Crippen LogP contribution in [0.15, 0.2) is 63.7 Å². The lowest BCUT2D eigenvalue weighted by molar-refractivity contribution is -0.117. The van der Waals surface area contributed by atoms with Crippen LogP contribution in [0.3, 0.4) is 0 Å². The van der Waals surface area contributed by atoms with Crippen LogP contribution in [-0.2, 0) is 21.2 Å². The Kier molecular flexibility index (Phi) is 4.99. The molecule has 0 fully saturated rings. The molecule has 1 amide bonds. The molecule has 3 rings (SSSR count). The van der Waals surface area contributed by atoms with Crippen LogP contribution in [0.1, 0.15) is 5.56 Å². The number of carbonyl (C=O) groups is 1. The fraction of sp³-hybridized carbons (Fsp3) is 0.0556. The normalized spacial score (nSPS) is 11.9. The highest BCUT2D eigenvalue weighted by molar-refractivity contribution is 7.89. The van der Waals surface area contributed by atoms with Crippen LogP contribution >= 0.6 is 0 Å². The lowest BCUT2D eigenvalue weighted by atomic mass is 10.00. The van der Waals surface area contributed by atoms with Crippen LogP contribution in [0.25, 0.3) is 10.8 Å². The second kappa shape index (κ2) is 7.25. The van der Waals surface area contributed by atoms with E-state index in [0.29, 0.717) is 16.3 Å². The summed E-state index contributed by atoms with van der Waals surface area (Å²) in [6, 6.07) is 11.5. The third-order valence-corrected chi connectivity index (χ3v) is 4.89. The SMILES string of the molecule is NC(=O)Cc1cccc2ccc(O)c(N=Nc3cc(S(N)(=O)=O)ccc3O)c12. The van der Waals surface area contributed by atoms with Gasteiger partial charge in [0.25, 0.3) is 0 Å². The van der Waals surface area contributed by atoms with E-state index in [-0.39, 0.29) is 34.2 Å². The number of primary sulfonamides is 1. The maximum Gasteiger partial charge on any atom is 0.238 e. The molecule has 0 aliphatic rings. The zero-order chi connectivity index (χ0) is 20.5. The number of rotatable bonds is 5. The van der Waals surface area contributed by atoms with Crippen molar-refractivity contribution in [1.29, 1.82) is 0 Å². The highest BCUT2D eigenvalue weighted by Crippen LogP contribution is 2.39. The third kappa shape index (κ3) is 3.92. The van der Waals surface area contributed by atoms with Crippen LogP contribution < -0.4 is 10.9 Å². The number of hydrogen-bond donors (Lipinski definition) is 4. The summed E-state index contributed by atoms with van der Waals surface area (Å²) in [5, 5.41) is 34.3. The van der Waals surface area contributed by atoms with E-state index in [1.807, 2.05) is 0 Å². The Morgan fingerprint density at radius 1 is 1.00 bits per heavy atom. The number of fused-ring (bicyclic) bond motifs is 1. The van der Waals surface area contributed by atoms with Crippen molar-refractivity contribution in [3.63, 3.8) is 0 Å². The van der Waals surface area contributed by atoms with Gasteiger partial charge in [-0.2, -0.15) is 0 Å². The van der Waals surface area contributed by atoms with Gasteiger partial charge in [0.15, 0.2) is 0 Å². The summed E-state index contributed by atoms with van der Waals surface area (Å²) < 4.78 is 23.0. The highest BCUT2D eigenvalue weighted by Gasteiger charge is 2.14. The molecule has 0 bridgehead atoms. The molecule has 144 valence electrons. The van der Waals surface area contributed by atoms with Gasteiger partial charge in [-0.3, -0.25) is 4.79 Å². The Bertz CT molecular complexity index is 1220. The van der Waals surface area contributed by atoms with Crippen molar-refractivity contribution < 1.29 is 23.4 Å². The van der Waals surface area contributed by atoms with Crippen molar-refractivity contribution >= 4 is 38.1 Å². The van der Waals surface area contributed by atoms with E-state index in [9.17, 15) is 23.4 Å². The number of amides is 1. The molecular formula is C18H16N4O5S. The minimum absolute atomic E-state index is 0.0507. The van der Waals surface area contributed by atoms with Crippen molar-refractivity contribution in [2.24, 2.45) is 21.1 Å². The molecule has 0 heterocycles. The second-order valence-electron chi connectivity index (χ2n) is 5.99. The predicted molar refractivity (Wildman–Crippen MR) is 102 cm³/mol. The second-order valence-corrected chi connectivity index (χ2v) is 7.55. The lowest BCUT2D eigenvalue weighted by Gasteiger charge is -2.09. The van der Waals surface area contributed by atoms with E-state index in [4.69, 9.17) is 10.9 Å². The van der Waals surface area contributed by atoms with Gasteiger partial charge in [-0.25, -0.2) is 13.6 Å². The number of nitrogens with zero attached hydrogens (tertiary/aromatic N) is 2. The first kappa shape index (κ1) is 19.3. The molecule has 0 aliphatic carbocycles. The Morgan fingerprint density at radius 3 is 2.39 bits per heavy atom. The molecule has 0 unspecified atom stereocenters. The lowest BCUT2D eigenvalue weighted by Crippen LogP contribution is -2.13. The number of benzene rings is 3. The summed E-state index contributed by atoms with van der Waals surface area (Å²) in [7, 11) is -4.00. The van der Waals surface area contributed by atoms with E-state index < -0.39 is 15.9 Å². The topological polar surface area (TPSA) is 168 Å². The van der Waals surface area contributed by atoms with Crippen LogP contribution in [0.5, 0.6) is 11.5 Å². The molecule has 9 nitrogen and oxygen atoms in total. The first-order valence-corrected chi connectivity index (χ1v) is 9.51. The van der Waals surface area contributed by atoms with Crippen molar-refractivity contribution in [3.05, 3.63) is 54.1 Å². The number of sulfonamides is 1. The molecule has 0 saturated carbocycles. The summed E-state index contributed by atoms with van der Waals surface area (Å²) >= 11 is 0. The van der Waals surface area contributed by atoms with Gasteiger partial charge >= 0.3 is 0 Å². The monoisotopic (exact) mass is 400 g/mol. The first-order chi connectivity index (χ1) is 13.2. The summed E-state index contributed by atoms with van der Waals surface area (Å²) in [5.41, 5.74) is 5.72. The van der Waals surface area contributed by atoms with E-state index in [1.165, 1.54) is 6.07 Å². The van der Waals surface area contributed by atoms with Crippen molar-refractivity contribution in [3.8, 4) is 11.5 Å². The van der Waals surface area contributed by atoms with Crippen LogP contribution in [0, 0.1) is 0 Å². The molecule has 0 atom stereocenters. The van der Waals surface area contributed by atoms with Gasteiger partial charge in [0.2, 0.25) is 15.9 Å². The van der Waals surface area contributed by atoms with Crippen molar-refractivity contribution in [2.45, 2.75) is 11.3 Å². The predicted octanol–water partition coefficient (Wildman–Crippen LogP) is 2.34. The van der Waals surface area contributed by atoms with Crippen molar-refractivity contribution in [2.75, 3.05) is 0 Å². The summed E-state index contributed by atoms with van der Waals surface area (Å²) in [6.45, 7) is 0. The average Bonchev–Trinajstić information content (AvgIpc) is 2.61. The maximum absolute atomic E-state index is 11.5. The zero-order valence-corrected chi connectivity index (χ0v) is 15.2. The van der Waals surface area contributed by atoms with Crippen LogP contribution in [0.2, 0.25) is 0 Å². The minimum atomic E-state index is -4.00. The molecule has 0 radical (unpaired) electrons. The molecule has 3 aromatic rings. The van der Waals surface area contributed by atoms with Crippen LogP contribution in [-0.4, -0.2) is 24.5 Å². The van der Waals surface area contributed by atoms with Gasteiger partial charge in [-0.1, -0.05) is 24.3 Å². The average molecular weight is 400 g/mol. The molecule has 10 heteroatoms. The summed E-state index contributed by atoms with van der Waals surface area (Å²) in [4.78, 5) is 11.1. The molecule has 6 N–H and O–H groups in total. The van der Waals surface area contributed by atoms with Gasteiger partial charge in [-0.05, 0) is 35.2 Å². The Labute approximate surface area is 160 Å². The van der Waals surface area contributed by atoms with Gasteiger partial charge < -0.3 is 15.9 Å². The van der Waals surface area contributed by atoms with Gasteiger partial charge in [-0.15, -0.1) is 10.2 Å². The van der Waals surface area contributed by atoms with Gasteiger partial charge in [0.05, 0.1) is 11.3 Å². The fourth-order valence-electron chi connectivity index (χ4n) is 2.72. The molecule has 0 spiro atoms. The van der Waals surface area contributed by atoms with E-state index in [1.54, 1.807) is 24.3 Å². The smallest absolute Gasteiger partial charge is 0.238 e. The van der Waals surface area contributed by atoms with Crippen LogP contribution in [0.4, 0.5) is 11.4 Å². The zero-order valence-electron chi connectivity index (χ0n) is 14.4. The Balaban J connectivity index is 2.17. The molecule has 0 aliphatic heterocycles. The molecule has 0 saturated heterocycles. The first-order valence-electron chi connectivity index (χ1n) is 7.96. The molecular weight excluding hydrogens is 384 g/mol. The summed E-state index contributed by atoms with van der Waals surface area (Å²) in [5.74, 6) is -1.10. The maximum atomic E-state index is 11.5. The number of carbonyl (C=O) groups excluding carboxylic acids is 1. The number of azo groups is 1. The van der Waals surface area contributed by atoms with Crippen molar-refractivity contribution in [1.82, 2.24) is 0 Å². The summed E-state index contributed by atoms with van der Waals surface area (Å²) in [6.07, 6.45) is -0.0739. The number of phenolic OH excluding ortho intramolecular Hbond substituents is 2. The van der Waals surface area contributed by atoms with Gasteiger partial charge in [0.1, 0.15) is 22.9 Å². The molecule has 3 aromatic carbocycles. The van der Waals surface area contributed by atoms with E-state index in [0.717, 1.165) is 18.2 Å². The van der Waals surface area contributed by atoms with E-state index in [2.05, 4.69) is 10.2 Å².